The second-order valence-corrected chi connectivity index (χ2v) is 8.99. The van der Waals surface area contributed by atoms with E-state index >= 15 is 0 Å². The average Bonchev–Trinajstić information content (AvgIpc) is 2.79. The SMILES string of the molecule is Cc1ccc(S(=O)(=O)NCC(=O)OCC(=O)Nc2ccc(-c3ccccc3)cc2)cc1C. The van der Waals surface area contributed by atoms with E-state index in [4.69, 9.17) is 4.74 Å². The Morgan fingerprint density at radius 3 is 2.16 bits per heavy atom. The molecule has 3 rings (SSSR count). The van der Waals surface area contributed by atoms with Crippen LogP contribution in [-0.4, -0.2) is 33.4 Å². The maximum Gasteiger partial charge on any atom is 0.321 e. The maximum atomic E-state index is 12.3. The molecule has 0 heterocycles. The molecular formula is C24H24N2O5S. The van der Waals surface area contributed by atoms with Gasteiger partial charge < -0.3 is 10.1 Å². The fourth-order valence-electron chi connectivity index (χ4n) is 2.89. The Balaban J connectivity index is 1.46. The number of benzene rings is 3. The third-order valence-corrected chi connectivity index (χ3v) is 6.23. The molecule has 0 saturated heterocycles. The molecule has 0 unspecified atom stereocenters. The minimum Gasteiger partial charge on any atom is -0.455 e. The van der Waals surface area contributed by atoms with Crippen LogP contribution >= 0.6 is 0 Å². The lowest BCUT2D eigenvalue weighted by atomic mass is 10.1. The average molecular weight is 453 g/mol. The molecule has 0 saturated carbocycles. The molecule has 0 aromatic heterocycles. The topological polar surface area (TPSA) is 102 Å². The molecule has 2 N–H and O–H groups in total. The van der Waals surface area contributed by atoms with Gasteiger partial charge in [0.1, 0.15) is 6.54 Å². The number of carbonyl (C=O) groups excluding carboxylic acids is 2. The molecule has 0 aliphatic rings. The zero-order valence-corrected chi connectivity index (χ0v) is 18.6. The highest BCUT2D eigenvalue weighted by Gasteiger charge is 2.17. The van der Waals surface area contributed by atoms with Gasteiger partial charge >= 0.3 is 5.97 Å². The fourth-order valence-corrected chi connectivity index (χ4v) is 3.94. The zero-order chi connectivity index (χ0) is 23.1. The van der Waals surface area contributed by atoms with Crippen LogP contribution in [0.2, 0.25) is 0 Å². The van der Waals surface area contributed by atoms with E-state index < -0.39 is 35.1 Å². The lowest BCUT2D eigenvalue weighted by molar-refractivity contribution is -0.146. The van der Waals surface area contributed by atoms with Gasteiger partial charge in [0, 0.05) is 5.69 Å². The standard InChI is InChI=1S/C24H24N2O5S/c1-17-8-13-22(14-18(17)2)32(29,30)25-15-24(28)31-16-23(27)26-21-11-9-20(10-12-21)19-6-4-3-5-7-19/h3-14,25H,15-16H2,1-2H3,(H,26,27). The van der Waals surface area contributed by atoms with Crippen molar-refractivity contribution >= 4 is 27.6 Å². The van der Waals surface area contributed by atoms with Crippen molar-refractivity contribution in [3.63, 3.8) is 0 Å². The molecule has 0 aliphatic heterocycles. The summed E-state index contributed by atoms with van der Waals surface area (Å²) in [6, 6.07) is 21.7. The summed E-state index contributed by atoms with van der Waals surface area (Å²) < 4.78 is 31.7. The highest BCUT2D eigenvalue weighted by Crippen LogP contribution is 2.21. The number of hydrogen-bond acceptors (Lipinski definition) is 5. The predicted molar refractivity (Wildman–Crippen MR) is 123 cm³/mol. The first-order chi connectivity index (χ1) is 15.2. The first-order valence-electron chi connectivity index (χ1n) is 9.92. The monoisotopic (exact) mass is 452 g/mol. The van der Waals surface area contributed by atoms with Crippen molar-refractivity contribution in [3.05, 3.63) is 83.9 Å². The van der Waals surface area contributed by atoms with Crippen molar-refractivity contribution in [2.24, 2.45) is 0 Å². The number of aryl methyl sites for hydroxylation is 2. The third-order valence-electron chi connectivity index (χ3n) is 4.84. The number of carbonyl (C=O) groups is 2. The van der Waals surface area contributed by atoms with Gasteiger partial charge in [0.05, 0.1) is 4.90 Å². The van der Waals surface area contributed by atoms with Crippen LogP contribution in [0.15, 0.2) is 77.7 Å². The van der Waals surface area contributed by atoms with Gasteiger partial charge in [0.25, 0.3) is 5.91 Å². The largest absolute Gasteiger partial charge is 0.455 e. The molecule has 0 fully saturated rings. The Kier molecular flexibility index (Phi) is 7.40. The van der Waals surface area contributed by atoms with Crippen molar-refractivity contribution in [1.82, 2.24) is 4.72 Å². The van der Waals surface area contributed by atoms with Gasteiger partial charge in [-0.1, -0.05) is 48.5 Å². The zero-order valence-electron chi connectivity index (χ0n) is 17.8. The maximum absolute atomic E-state index is 12.3. The number of sulfonamides is 1. The van der Waals surface area contributed by atoms with Crippen molar-refractivity contribution in [1.29, 1.82) is 0 Å². The highest BCUT2D eigenvalue weighted by atomic mass is 32.2. The van der Waals surface area contributed by atoms with Crippen LogP contribution in [0.5, 0.6) is 0 Å². The summed E-state index contributed by atoms with van der Waals surface area (Å²) in [5.41, 5.74) is 4.41. The van der Waals surface area contributed by atoms with Crippen LogP contribution < -0.4 is 10.0 Å². The van der Waals surface area contributed by atoms with E-state index in [9.17, 15) is 18.0 Å². The molecular weight excluding hydrogens is 428 g/mol. The molecule has 0 atom stereocenters. The lowest BCUT2D eigenvalue weighted by Gasteiger charge is -2.10. The van der Waals surface area contributed by atoms with Crippen molar-refractivity contribution in [2.45, 2.75) is 18.7 Å². The Morgan fingerprint density at radius 1 is 0.844 bits per heavy atom. The van der Waals surface area contributed by atoms with Gasteiger partial charge in [-0.15, -0.1) is 0 Å². The summed E-state index contributed by atoms with van der Waals surface area (Å²) in [7, 11) is -3.86. The quantitative estimate of drug-likeness (QED) is 0.510. The van der Waals surface area contributed by atoms with E-state index in [2.05, 4.69) is 10.0 Å². The molecule has 1 amide bonds. The molecule has 0 spiro atoms. The molecule has 8 heteroatoms. The van der Waals surface area contributed by atoms with Crippen LogP contribution in [0.3, 0.4) is 0 Å². The minimum atomic E-state index is -3.86. The molecule has 0 bridgehead atoms. The van der Waals surface area contributed by atoms with E-state index in [-0.39, 0.29) is 4.90 Å². The number of amides is 1. The van der Waals surface area contributed by atoms with Crippen LogP contribution in [0.4, 0.5) is 5.69 Å². The smallest absolute Gasteiger partial charge is 0.321 e. The Bertz CT molecular complexity index is 1210. The summed E-state index contributed by atoms with van der Waals surface area (Å²) >= 11 is 0. The molecule has 0 aliphatic carbocycles. The Labute approximate surface area is 187 Å². The number of rotatable bonds is 8. The number of anilines is 1. The summed E-state index contributed by atoms with van der Waals surface area (Å²) in [5.74, 6) is -1.38. The second-order valence-electron chi connectivity index (χ2n) is 7.22. The van der Waals surface area contributed by atoms with Crippen LogP contribution in [0, 0.1) is 13.8 Å². The van der Waals surface area contributed by atoms with Crippen LogP contribution in [0.25, 0.3) is 11.1 Å². The minimum absolute atomic E-state index is 0.0603. The Morgan fingerprint density at radius 2 is 1.50 bits per heavy atom. The van der Waals surface area contributed by atoms with Gasteiger partial charge in [-0.05, 0) is 60.4 Å². The van der Waals surface area contributed by atoms with Crippen molar-refractivity contribution in [3.8, 4) is 11.1 Å². The van der Waals surface area contributed by atoms with Gasteiger partial charge in [-0.3, -0.25) is 9.59 Å². The number of nitrogens with one attached hydrogen (secondary N) is 2. The molecule has 0 radical (unpaired) electrons. The second kappa shape index (κ2) is 10.2. The fraction of sp³-hybridized carbons (Fsp3) is 0.167. The summed E-state index contributed by atoms with van der Waals surface area (Å²) in [6.07, 6.45) is 0. The molecule has 3 aromatic rings. The summed E-state index contributed by atoms with van der Waals surface area (Å²) in [6.45, 7) is 2.58. The van der Waals surface area contributed by atoms with Crippen LogP contribution in [-0.2, 0) is 24.3 Å². The van der Waals surface area contributed by atoms with E-state index in [1.54, 1.807) is 25.1 Å². The van der Waals surface area contributed by atoms with Gasteiger partial charge in [0.15, 0.2) is 6.61 Å². The van der Waals surface area contributed by atoms with E-state index in [1.165, 1.54) is 12.1 Å². The van der Waals surface area contributed by atoms with Gasteiger partial charge in [0.2, 0.25) is 10.0 Å². The van der Waals surface area contributed by atoms with Crippen molar-refractivity contribution in [2.75, 3.05) is 18.5 Å². The predicted octanol–water partition coefficient (Wildman–Crippen LogP) is 3.43. The van der Waals surface area contributed by atoms with E-state index in [1.807, 2.05) is 49.4 Å². The molecule has 32 heavy (non-hydrogen) atoms. The molecule has 166 valence electrons. The van der Waals surface area contributed by atoms with E-state index in [0.717, 1.165) is 22.3 Å². The number of hydrogen-bond donors (Lipinski definition) is 2. The first kappa shape index (κ1) is 23.2. The number of ether oxygens (including phenoxy) is 1. The normalized spacial score (nSPS) is 11.1. The third kappa shape index (κ3) is 6.26. The van der Waals surface area contributed by atoms with E-state index in [0.29, 0.717) is 5.69 Å². The molecule has 3 aromatic carbocycles. The Hall–Kier alpha value is -3.49. The summed E-state index contributed by atoms with van der Waals surface area (Å²) in [4.78, 5) is 24.0. The van der Waals surface area contributed by atoms with Crippen molar-refractivity contribution < 1.29 is 22.7 Å². The van der Waals surface area contributed by atoms with Gasteiger partial charge in [-0.25, -0.2) is 8.42 Å². The lowest BCUT2D eigenvalue weighted by Crippen LogP contribution is -2.32. The van der Waals surface area contributed by atoms with Gasteiger partial charge in [-0.2, -0.15) is 4.72 Å². The number of esters is 1. The summed E-state index contributed by atoms with van der Waals surface area (Å²) in [5, 5.41) is 2.63. The highest BCUT2D eigenvalue weighted by molar-refractivity contribution is 7.89. The molecule has 7 nitrogen and oxygen atoms in total. The first-order valence-corrected chi connectivity index (χ1v) is 11.4. The van der Waals surface area contributed by atoms with Crippen LogP contribution in [0.1, 0.15) is 11.1 Å².